The van der Waals surface area contributed by atoms with E-state index in [-0.39, 0.29) is 11.0 Å². The number of hydrogen-bond donors (Lipinski definition) is 0. The molecule has 1 aliphatic rings. The van der Waals surface area contributed by atoms with Gasteiger partial charge in [-0.2, -0.15) is 5.26 Å². The van der Waals surface area contributed by atoms with Crippen molar-refractivity contribution in [1.82, 2.24) is 0 Å². The predicted molar refractivity (Wildman–Crippen MR) is 57.0 cm³/mol. The molecule has 15 heavy (non-hydrogen) atoms. The van der Waals surface area contributed by atoms with Gasteiger partial charge in [0.15, 0.2) is 9.84 Å². The molecular weight excluding hydrogens is 214 g/mol. The molecule has 0 aromatic carbocycles. The molecule has 0 bridgehead atoms. The van der Waals surface area contributed by atoms with Crippen LogP contribution in [0.3, 0.4) is 0 Å². The third-order valence-corrected chi connectivity index (χ3v) is 5.13. The van der Waals surface area contributed by atoms with Crippen LogP contribution in [-0.2, 0) is 14.6 Å². The van der Waals surface area contributed by atoms with Crippen molar-refractivity contribution in [1.29, 1.82) is 5.26 Å². The van der Waals surface area contributed by atoms with Crippen LogP contribution in [0.25, 0.3) is 0 Å². The number of rotatable bonds is 4. The number of hydrogen-bond acceptors (Lipinski definition) is 4. The quantitative estimate of drug-likeness (QED) is 0.727. The summed E-state index contributed by atoms with van der Waals surface area (Å²) >= 11 is 0. The zero-order chi connectivity index (χ0) is 11.5. The molecule has 0 spiro atoms. The maximum absolute atomic E-state index is 11.6. The van der Waals surface area contributed by atoms with E-state index in [4.69, 9.17) is 10.00 Å². The number of nitrogens with zero attached hydrogens (tertiary/aromatic N) is 1. The molecule has 0 radical (unpaired) electrons. The molecule has 0 aromatic rings. The summed E-state index contributed by atoms with van der Waals surface area (Å²) in [5.74, 6) is 0.0849. The van der Waals surface area contributed by atoms with Crippen LogP contribution in [-0.4, -0.2) is 32.6 Å². The lowest BCUT2D eigenvalue weighted by Crippen LogP contribution is -2.26. The average Bonchev–Trinajstić information content (AvgIpc) is 2.64. The molecule has 1 saturated heterocycles. The Hall–Kier alpha value is -0.600. The fraction of sp³-hybridized carbons (Fsp3) is 0.900. The van der Waals surface area contributed by atoms with Crippen molar-refractivity contribution in [2.45, 2.75) is 31.9 Å². The van der Waals surface area contributed by atoms with Gasteiger partial charge in [0, 0.05) is 6.61 Å². The molecule has 1 rings (SSSR count). The molecule has 0 amide bonds. The van der Waals surface area contributed by atoms with E-state index in [1.807, 2.05) is 0 Å². The molecule has 1 fully saturated rings. The standard InChI is InChI=1S/C10H17NO3S/c1-9(2)15(12,13)6-4-10(7-11)3-5-14-8-10/h9H,3-6,8H2,1-2H3. The summed E-state index contributed by atoms with van der Waals surface area (Å²) in [7, 11) is -3.04. The largest absolute Gasteiger partial charge is 0.380 e. The molecule has 0 aromatic heterocycles. The Balaban J connectivity index is 2.60. The first kappa shape index (κ1) is 12.5. The van der Waals surface area contributed by atoms with Gasteiger partial charge in [-0.1, -0.05) is 0 Å². The normalized spacial score (nSPS) is 26.8. The monoisotopic (exact) mass is 231 g/mol. The summed E-state index contributed by atoms with van der Waals surface area (Å²) < 4.78 is 28.3. The molecule has 0 saturated carbocycles. The third kappa shape index (κ3) is 2.93. The van der Waals surface area contributed by atoms with Gasteiger partial charge in [-0.3, -0.25) is 0 Å². The van der Waals surface area contributed by atoms with Crippen LogP contribution in [0.2, 0.25) is 0 Å². The second-order valence-electron chi connectivity index (χ2n) is 4.36. The molecule has 1 atom stereocenters. The highest BCUT2D eigenvalue weighted by molar-refractivity contribution is 7.91. The molecule has 86 valence electrons. The average molecular weight is 231 g/mol. The lowest BCUT2D eigenvalue weighted by Gasteiger charge is -2.18. The Bertz CT molecular complexity index is 347. The van der Waals surface area contributed by atoms with Crippen molar-refractivity contribution in [2.24, 2.45) is 5.41 Å². The summed E-state index contributed by atoms with van der Waals surface area (Å²) in [5.41, 5.74) is -0.567. The summed E-state index contributed by atoms with van der Waals surface area (Å²) in [5, 5.41) is 8.66. The van der Waals surface area contributed by atoms with E-state index in [0.29, 0.717) is 26.1 Å². The maximum atomic E-state index is 11.6. The molecule has 1 heterocycles. The first-order chi connectivity index (χ1) is 6.92. The number of ether oxygens (including phenoxy) is 1. The lowest BCUT2D eigenvalue weighted by molar-refractivity contribution is 0.170. The van der Waals surface area contributed by atoms with Gasteiger partial charge in [0.2, 0.25) is 0 Å². The van der Waals surface area contributed by atoms with Crippen molar-refractivity contribution in [3.63, 3.8) is 0 Å². The molecule has 5 heteroatoms. The van der Waals surface area contributed by atoms with Crippen molar-refractivity contribution < 1.29 is 13.2 Å². The molecular formula is C10H17NO3S. The summed E-state index contributed by atoms with van der Waals surface area (Å²) in [4.78, 5) is 0. The number of nitriles is 1. The SMILES string of the molecule is CC(C)S(=O)(=O)CCC1(C#N)CCOC1. The van der Waals surface area contributed by atoms with Gasteiger partial charge in [0.25, 0.3) is 0 Å². The van der Waals surface area contributed by atoms with Gasteiger partial charge in [0.1, 0.15) is 0 Å². The first-order valence-electron chi connectivity index (χ1n) is 5.12. The van der Waals surface area contributed by atoms with Gasteiger partial charge in [-0.05, 0) is 26.7 Å². The second-order valence-corrected chi connectivity index (χ2v) is 7.04. The molecule has 1 aliphatic heterocycles. The van der Waals surface area contributed by atoms with Crippen LogP contribution in [0.1, 0.15) is 26.7 Å². The zero-order valence-electron chi connectivity index (χ0n) is 9.19. The van der Waals surface area contributed by atoms with Crippen LogP contribution < -0.4 is 0 Å². The van der Waals surface area contributed by atoms with Crippen LogP contribution in [0, 0.1) is 16.7 Å². The van der Waals surface area contributed by atoms with Crippen molar-refractivity contribution in [2.75, 3.05) is 19.0 Å². The summed E-state index contributed by atoms with van der Waals surface area (Å²) in [6.07, 6.45) is 1.04. The van der Waals surface area contributed by atoms with Crippen molar-refractivity contribution >= 4 is 9.84 Å². The van der Waals surface area contributed by atoms with Crippen LogP contribution in [0.5, 0.6) is 0 Å². The van der Waals surface area contributed by atoms with Crippen LogP contribution in [0.4, 0.5) is 0 Å². The van der Waals surface area contributed by atoms with Gasteiger partial charge < -0.3 is 4.74 Å². The topological polar surface area (TPSA) is 67.2 Å². The van der Waals surface area contributed by atoms with Crippen molar-refractivity contribution in [3.8, 4) is 6.07 Å². The van der Waals surface area contributed by atoms with Gasteiger partial charge in [0.05, 0.1) is 29.1 Å². The van der Waals surface area contributed by atoms with Crippen LogP contribution in [0.15, 0.2) is 0 Å². The highest BCUT2D eigenvalue weighted by atomic mass is 32.2. The Labute approximate surface area is 91.1 Å². The fourth-order valence-corrected chi connectivity index (χ4v) is 2.67. The van der Waals surface area contributed by atoms with Gasteiger partial charge in [-0.15, -0.1) is 0 Å². The van der Waals surface area contributed by atoms with E-state index < -0.39 is 15.3 Å². The highest BCUT2D eigenvalue weighted by Crippen LogP contribution is 2.32. The molecule has 4 nitrogen and oxygen atoms in total. The van der Waals surface area contributed by atoms with Gasteiger partial charge >= 0.3 is 0 Å². The van der Waals surface area contributed by atoms with E-state index >= 15 is 0 Å². The minimum Gasteiger partial charge on any atom is -0.380 e. The molecule has 0 aliphatic carbocycles. The lowest BCUT2D eigenvalue weighted by atomic mass is 9.86. The van der Waals surface area contributed by atoms with E-state index in [2.05, 4.69) is 6.07 Å². The predicted octanol–water partition coefficient (Wildman–Crippen LogP) is 1.13. The second kappa shape index (κ2) is 4.50. The first-order valence-corrected chi connectivity index (χ1v) is 6.84. The molecule has 1 unspecified atom stereocenters. The Morgan fingerprint density at radius 3 is 2.60 bits per heavy atom. The zero-order valence-corrected chi connectivity index (χ0v) is 10.0. The summed E-state index contributed by atoms with van der Waals surface area (Å²) in [6.45, 7) is 4.27. The number of sulfone groups is 1. The summed E-state index contributed by atoms with van der Waals surface area (Å²) in [6, 6.07) is 2.20. The Morgan fingerprint density at radius 2 is 2.20 bits per heavy atom. The Kier molecular flexibility index (Phi) is 3.74. The van der Waals surface area contributed by atoms with Gasteiger partial charge in [-0.25, -0.2) is 8.42 Å². The van der Waals surface area contributed by atoms with Crippen molar-refractivity contribution in [3.05, 3.63) is 0 Å². The Morgan fingerprint density at radius 1 is 1.53 bits per heavy atom. The third-order valence-electron chi connectivity index (χ3n) is 2.92. The fourth-order valence-electron chi connectivity index (χ4n) is 1.52. The maximum Gasteiger partial charge on any atom is 0.152 e. The van der Waals surface area contributed by atoms with Crippen LogP contribution >= 0.6 is 0 Å². The minimum atomic E-state index is -3.04. The smallest absolute Gasteiger partial charge is 0.152 e. The minimum absolute atomic E-state index is 0.0849. The van der Waals surface area contributed by atoms with E-state index in [1.54, 1.807) is 13.8 Å². The van der Waals surface area contributed by atoms with E-state index in [1.165, 1.54) is 0 Å². The van der Waals surface area contributed by atoms with E-state index in [0.717, 1.165) is 0 Å². The highest BCUT2D eigenvalue weighted by Gasteiger charge is 2.36. The van der Waals surface area contributed by atoms with E-state index in [9.17, 15) is 8.42 Å². The molecule has 0 N–H and O–H groups in total.